The van der Waals surface area contributed by atoms with E-state index >= 15 is 0 Å². The van der Waals surface area contributed by atoms with Crippen LogP contribution in [0.15, 0.2) is 24.3 Å². The molecule has 0 amide bonds. The third-order valence-corrected chi connectivity index (χ3v) is 3.54. The molecule has 0 spiro atoms. The maximum Gasteiger partial charge on any atom is 0.120 e. The van der Waals surface area contributed by atoms with Crippen molar-refractivity contribution in [2.75, 3.05) is 14.1 Å². The fourth-order valence-electron chi connectivity index (χ4n) is 2.31. The monoisotopic (exact) mass is 237 g/mol. The number of nitrogens with zero attached hydrogens (tertiary/aromatic N) is 1. The molecule has 0 aromatic heterocycles. The second kappa shape index (κ2) is 5.52. The second-order valence-corrected chi connectivity index (χ2v) is 4.90. The molecule has 17 heavy (non-hydrogen) atoms. The Kier molecular flexibility index (Phi) is 4.54. The van der Waals surface area contributed by atoms with Crippen LogP contribution in [0.25, 0.3) is 0 Å². The first kappa shape index (κ1) is 14.0. The van der Waals surface area contributed by atoms with E-state index < -0.39 is 5.72 Å². The Morgan fingerprint density at radius 2 is 2.00 bits per heavy atom. The lowest BCUT2D eigenvalue weighted by Crippen LogP contribution is -2.49. The van der Waals surface area contributed by atoms with Gasteiger partial charge >= 0.3 is 0 Å². The summed E-state index contributed by atoms with van der Waals surface area (Å²) in [5, 5.41) is 20.0. The van der Waals surface area contributed by atoms with Crippen LogP contribution in [0.2, 0.25) is 0 Å². The van der Waals surface area contributed by atoms with E-state index in [0.717, 1.165) is 12.0 Å². The average molecular weight is 237 g/mol. The van der Waals surface area contributed by atoms with Crippen LogP contribution in [0.5, 0.6) is 5.75 Å². The van der Waals surface area contributed by atoms with Gasteiger partial charge < -0.3 is 10.2 Å². The largest absolute Gasteiger partial charge is 0.508 e. The summed E-state index contributed by atoms with van der Waals surface area (Å²) in [5.41, 5.74) is 0.247. The summed E-state index contributed by atoms with van der Waals surface area (Å²) >= 11 is 0. The first-order valence-electron chi connectivity index (χ1n) is 6.08. The van der Waals surface area contributed by atoms with E-state index in [1.165, 1.54) is 0 Å². The fourth-order valence-corrected chi connectivity index (χ4v) is 2.31. The molecule has 0 heterocycles. The topological polar surface area (TPSA) is 43.7 Å². The van der Waals surface area contributed by atoms with Gasteiger partial charge in [0, 0.05) is 5.92 Å². The Hall–Kier alpha value is -1.06. The molecule has 2 N–H and O–H groups in total. The third-order valence-electron chi connectivity index (χ3n) is 3.54. The van der Waals surface area contributed by atoms with Gasteiger partial charge in [0.05, 0.1) is 0 Å². The Labute approximate surface area is 104 Å². The van der Waals surface area contributed by atoms with Crippen molar-refractivity contribution >= 4 is 0 Å². The van der Waals surface area contributed by atoms with Gasteiger partial charge in [-0.05, 0) is 44.6 Å². The molecule has 0 saturated carbocycles. The van der Waals surface area contributed by atoms with Crippen molar-refractivity contribution in [3.63, 3.8) is 0 Å². The number of rotatable bonds is 5. The van der Waals surface area contributed by atoms with Crippen LogP contribution < -0.4 is 0 Å². The SMILES string of the molecule is CCC(O)(C(C)Cc1cccc(O)c1)N(C)C. The Bertz CT molecular complexity index is 365. The molecule has 1 aromatic rings. The van der Waals surface area contributed by atoms with Crippen LogP contribution in [-0.4, -0.2) is 34.9 Å². The molecule has 0 bridgehead atoms. The van der Waals surface area contributed by atoms with Crippen molar-refractivity contribution < 1.29 is 10.2 Å². The highest BCUT2D eigenvalue weighted by molar-refractivity contribution is 5.27. The van der Waals surface area contributed by atoms with Crippen molar-refractivity contribution in [2.24, 2.45) is 5.92 Å². The summed E-state index contributed by atoms with van der Waals surface area (Å²) in [6.07, 6.45) is 1.43. The molecule has 1 rings (SSSR count). The number of phenolic OH excluding ortho intramolecular Hbond substituents is 1. The van der Waals surface area contributed by atoms with Crippen LogP contribution in [0.3, 0.4) is 0 Å². The zero-order valence-corrected chi connectivity index (χ0v) is 11.1. The van der Waals surface area contributed by atoms with Gasteiger partial charge in [-0.15, -0.1) is 0 Å². The average Bonchev–Trinajstić information content (AvgIpc) is 2.27. The summed E-state index contributed by atoms with van der Waals surface area (Å²) in [6.45, 7) is 4.02. The van der Waals surface area contributed by atoms with Crippen LogP contribution in [0, 0.1) is 5.92 Å². The first-order chi connectivity index (χ1) is 7.90. The van der Waals surface area contributed by atoms with Crippen LogP contribution in [0.1, 0.15) is 25.8 Å². The molecule has 0 radical (unpaired) electrons. The number of aliphatic hydroxyl groups is 1. The van der Waals surface area contributed by atoms with Gasteiger partial charge in [-0.3, -0.25) is 4.90 Å². The van der Waals surface area contributed by atoms with E-state index in [1.807, 2.05) is 45.0 Å². The molecular formula is C14H23NO2. The van der Waals surface area contributed by atoms with E-state index in [2.05, 4.69) is 0 Å². The standard InChI is InChI=1S/C14H23NO2/c1-5-14(17,15(3)4)11(2)9-12-7-6-8-13(16)10-12/h6-8,10-11,16-17H,5,9H2,1-4H3. The van der Waals surface area contributed by atoms with Gasteiger partial charge in [-0.25, -0.2) is 0 Å². The highest BCUT2D eigenvalue weighted by atomic mass is 16.3. The lowest BCUT2D eigenvalue weighted by Gasteiger charge is -2.39. The smallest absolute Gasteiger partial charge is 0.120 e. The maximum atomic E-state index is 10.6. The lowest BCUT2D eigenvalue weighted by molar-refractivity contribution is -0.125. The maximum absolute atomic E-state index is 10.6. The number of benzene rings is 1. The van der Waals surface area contributed by atoms with Crippen molar-refractivity contribution in [3.8, 4) is 5.75 Å². The minimum Gasteiger partial charge on any atom is -0.508 e. The summed E-state index contributed by atoms with van der Waals surface area (Å²) in [7, 11) is 3.78. The molecular weight excluding hydrogens is 214 g/mol. The molecule has 0 fully saturated rings. The normalized spacial score (nSPS) is 16.8. The van der Waals surface area contributed by atoms with Crippen molar-refractivity contribution in [1.29, 1.82) is 0 Å². The zero-order valence-electron chi connectivity index (χ0n) is 11.1. The van der Waals surface area contributed by atoms with Gasteiger partial charge in [-0.2, -0.15) is 0 Å². The summed E-state index contributed by atoms with van der Waals surface area (Å²) in [5.74, 6) is 0.379. The van der Waals surface area contributed by atoms with Crippen LogP contribution in [-0.2, 0) is 6.42 Å². The zero-order chi connectivity index (χ0) is 13.1. The minimum absolute atomic E-state index is 0.101. The predicted molar refractivity (Wildman–Crippen MR) is 69.9 cm³/mol. The number of phenols is 1. The summed E-state index contributed by atoms with van der Waals surface area (Å²) in [6, 6.07) is 7.22. The molecule has 3 nitrogen and oxygen atoms in total. The Balaban J connectivity index is 2.81. The molecule has 0 aliphatic rings. The Morgan fingerprint density at radius 1 is 1.35 bits per heavy atom. The third kappa shape index (κ3) is 3.20. The highest BCUT2D eigenvalue weighted by Gasteiger charge is 2.33. The van der Waals surface area contributed by atoms with Crippen LogP contribution in [0.4, 0.5) is 0 Å². The quantitative estimate of drug-likeness (QED) is 0.772. The van der Waals surface area contributed by atoms with Gasteiger partial charge in [0.2, 0.25) is 0 Å². The van der Waals surface area contributed by atoms with Gasteiger partial charge in [0.15, 0.2) is 0 Å². The highest BCUT2D eigenvalue weighted by Crippen LogP contribution is 2.27. The van der Waals surface area contributed by atoms with Gasteiger partial charge in [0.1, 0.15) is 11.5 Å². The van der Waals surface area contributed by atoms with Crippen LogP contribution >= 0.6 is 0 Å². The van der Waals surface area contributed by atoms with E-state index in [-0.39, 0.29) is 11.7 Å². The summed E-state index contributed by atoms with van der Waals surface area (Å²) < 4.78 is 0. The van der Waals surface area contributed by atoms with E-state index in [9.17, 15) is 10.2 Å². The molecule has 0 aliphatic heterocycles. The predicted octanol–water partition coefficient (Wildman–Crippen LogP) is 2.23. The first-order valence-corrected chi connectivity index (χ1v) is 6.08. The molecule has 1 aromatic carbocycles. The van der Waals surface area contributed by atoms with Gasteiger partial charge in [-0.1, -0.05) is 26.0 Å². The minimum atomic E-state index is -0.800. The molecule has 2 atom stereocenters. The second-order valence-electron chi connectivity index (χ2n) is 4.90. The molecule has 0 aliphatic carbocycles. The van der Waals surface area contributed by atoms with E-state index in [1.54, 1.807) is 12.1 Å². The van der Waals surface area contributed by atoms with E-state index in [4.69, 9.17) is 0 Å². The van der Waals surface area contributed by atoms with Crippen molar-refractivity contribution in [2.45, 2.75) is 32.4 Å². The van der Waals surface area contributed by atoms with Crippen molar-refractivity contribution in [1.82, 2.24) is 4.90 Å². The molecule has 0 saturated heterocycles. The fraction of sp³-hybridized carbons (Fsp3) is 0.571. The number of hydrogen-bond acceptors (Lipinski definition) is 3. The van der Waals surface area contributed by atoms with Crippen molar-refractivity contribution in [3.05, 3.63) is 29.8 Å². The van der Waals surface area contributed by atoms with E-state index in [0.29, 0.717) is 6.42 Å². The lowest BCUT2D eigenvalue weighted by atomic mass is 9.88. The van der Waals surface area contributed by atoms with Gasteiger partial charge in [0.25, 0.3) is 0 Å². The molecule has 3 heteroatoms. The molecule has 96 valence electrons. The number of hydrogen-bond donors (Lipinski definition) is 2. The Morgan fingerprint density at radius 3 is 2.47 bits per heavy atom. The molecule has 2 unspecified atom stereocenters. The number of aromatic hydroxyl groups is 1. The summed E-state index contributed by atoms with van der Waals surface area (Å²) in [4.78, 5) is 1.86.